The van der Waals surface area contributed by atoms with Crippen LogP contribution in [0.2, 0.25) is 0 Å². The monoisotopic (exact) mass is 484 g/mol. The zero-order chi connectivity index (χ0) is 21.3. The number of aromatic nitrogens is 2. The first-order chi connectivity index (χ1) is 14.4. The molecule has 7 nitrogen and oxygen atoms in total. The molecule has 0 aliphatic rings. The van der Waals surface area contributed by atoms with E-state index in [1.807, 2.05) is 38.1 Å². The Kier molecular flexibility index (Phi) is 5.56. The van der Waals surface area contributed by atoms with Gasteiger partial charge >= 0.3 is 0 Å². The highest BCUT2D eigenvalue weighted by molar-refractivity contribution is 9.10. The van der Waals surface area contributed by atoms with E-state index in [0.29, 0.717) is 15.7 Å². The molecule has 0 aliphatic carbocycles. The van der Waals surface area contributed by atoms with Crippen LogP contribution >= 0.6 is 27.3 Å². The van der Waals surface area contributed by atoms with Crippen molar-refractivity contribution < 1.29 is 14.0 Å². The molecule has 0 aliphatic heterocycles. The van der Waals surface area contributed by atoms with Crippen LogP contribution in [-0.2, 0) is 0 Å². The predicted octanol–water partition coefficient (Wildman–Crippen LogP) is 5.41. The molecular formula is C21H17BrN4O3S. The second-order valence-corrected chi connectivity index (χ2v) is 8.54. The summed E-state index contributed by atoms with van der Waals surface area (Å²) in [7, 11) is 0. The van der Waals surface area contributed by atoms with Gasteiger partial charge in [0.05, 0.1) is 27.5 Å². The van der Waals surface area contributed by atoms with Crippen LogP contribution in [0.1, 0.15) is 31.5 Å². The largest absolute Gasteiger partial charge is 0.459 e. The standard InChI is InChI=1S/C21H17BrN4O3S/c1-12-9-18(24-20(27)16-7-4-8-29-16)30-19(12)21(28)23-17-10-13(2)25-26(17)15-6-3-5-14(22)11-15/h3-11H,1-2H3,(H,23,28)(H,24,27). The molecule has 3 aromatic heterocycles. The Bertz CT molecular complexity index is 1230. The maximum atomic E-state index is 12.9. The number of benzene rings is 1. The molecule has 30 heavy (non-hydrogen) atoms. The van der Waals surface area contributed by atoms with Gasteiger partial charge in [-0.25, -0.2) is 4.68 Å². The Hall–Kier alpha value is -3.17. The number of nitrogens with zero attached hydrogens (tertiary/aromatic N) is 2. The molecule has 1 aromatic carbocycles. The van der Waals surface area contributed by atoms with Gasteiger partial charge in [0.15, 0.2) is 5.76 Å². The van der Waals surface area contributed by atoms with E-state index in [1.165, 1.54) is 17.6 Å². The average molecular weight is 485 g/mol. The van der Waals surface area contributed by atoms with Gasteiger partial charge in [0, 0.05) is 10.5 Å². The lowest BCUT2D eigenvalue weighted by Gasteiger charge is -2.09. The number of aryl methyl sites for hydroxylation is 2. The van der Waals surface area contributed by atoms with Crippen molar-refractivity contribution in [3.8, 4) is 5.69 Å². The van der Waals surface area contributed by atoms with E-state index in [2.05, 4.69) is 31.7 Å². The van der Waals surface area contributed by atoms with Gasteiger partial charge in [0.25, 0.3) is 11.8 Å². The molecule has 0 spiro atoms. The number of carbonyl (C=O) groups excluding carboxylic acids is 2. The molecule has 9 heteroatoms. The van der Waals surface area contributed by atoms with E-state index in [1.54, 1.807) is 28.9 Å². The SMILES string of the molecule is Cc1cc(NC(=O)c2sc(NC(=O)c3ccco3)cc2C)n(-c2cccc(Br)c2)n1. The smallest absolute Gasteiger partial charge is 0.291 e. The molecule has 0 radical (unpaired) electrons. The third kappa shape index (κ3) is 4.22. The molecule has 0 saturated carbocycles. The summed E-state index contributed by atoms with van der Waals surface area (Å²) in [6.45, 7) is 3.69. The lowest BCUT2D eigenvalue weighted by Crippen LogP contribution is -2.14. The van der Waals surface area contributed by atoms with Gasteiger partial charge in [-0.1, -0.05) is 22.0 Å². The van der Waals surface area contributed by atoms with Crippen molar-refractivity contribution in [2.24, 2.45) is 0 Å². The number of nitrogens with one attached hydrogen (secondary N) is 2. The van der Waals surface area contributed by atoms with Gasteiger partial charge in [-0.05, 0) is 55.8 Å². The molecular weight excluding hydrogens is 468 g/mol. The second-order valence-electron chi connectivity index (χ2n) is 6.57. The molecule has 152 valence electrons. The summed E-state index contributed by atoms with van der Waals surface area (Å²) >= 11 is 4.66. The Balaban J connectivity index is 1.55. The number of anilines is 2. The van der Waals surface area contributed by atoms with Gasteiger partial charge in [-0.3, -0.25) is 9.59 Å². The van der Waals surface area contributed by atoms with Crippen LogP contribution in [0, 0.1) is 13.8 Å². The fourth-order valence-electron chi connectivity index (χ4n) is 2.92. The molecule has 4 rings (SSSR count). The lowest BCUT2D eigenvalue weighted by atomic mass is 10.2. The third-order valence-electron chi connectivity index (χ3n) is 4.23. The van der Waals surface area contributed by atoms with Crippen LogP contribution < -0.4 is 10.6 Å². The molecule has 0 bridgehead atoms. The normalized spacial score (nSPS) is 10.8. The average Bonchev–Trinajstić information content (AvgIpc) is 3.42. The molecule has 0 atom stereocenters. The summed E-state index contributed by atoms with van der Waals surface area (Å²) in [5.41, 5.74) is 2.36. The summed E-state index contributed by atoms with van der Waals surface area (Å²) in [4.78, 5) is 25.6. The van der Waals surface area contributed by atoms with Crippen LogP contribution in [0.15, 0.2) is 63.7 Å². The Labute approximate surface area is 184 Å². The van der Waals surface area contributed by atoms with E-state index in [-0.39, 0.29) is 17.6 Å². The van der Waals surface area contributed by atoms with Crippen LogP contribution in [0.3, 0.4) is 0 Å². The topological polar surface area (TPSA) is 89.2 Å². The first-order valence-corrected chi connectivity index (χ1v) is 10.6. The minimum Gasteiger partial charge on any atom is -0.459 e. The predicted molar refractivity (Wildman–Crippen MR) is 120 cm³/mol. The Morgan fingerprint density at radius 2 is 1.90 bits per heavy atom. The van der Waals surface area contributed by atoms with Crippen molar-refractivity contribution >= 4 is 49.9 Å². The van der Waals surface area contributed by atoms with Crippen LogP contribution in [0.5, 0.6) is 0 Å². The van der Waals surface area contributed by atoms with Crippen molar-refractivity contribution in [2.75, 3.05) is 10.6 Å². The van der Waals surface area contributed by atoms with Crippen LogP contribution in [0.25, 0.3) is 5.69 Å². The van der Waals surface area contributed by atoms with Crippen molar-refractivity contribution in [3.05, 3.63) is 81.2 Å². The molecule has 2 amide bonds. The maximum absolute atomic E-state index is 12.9. The number of amides is 2. The van der Waals surface area contributed by atoms with Gasteiger partial charge in [-0.2, -0.15) is 5.10 Å². The van der Waals surface area contributed by atoms with E-state index in [0.717, 1.165) is 21.4 Å². The van der Waals surface area contributed by atoms with Crippen molar-refractivity contribution in [1.29, 1.82) is 0 Å². The van der Waals surface area contributed by atoms with Gasteiger partial charge in [0.2, 0.25) is 0 Å². The second kappa shape index (κ2) is 8.29. The van der Waals surface area contributed by atoms with Crippen molar-refractivity contribution in [1.82, 2.24) is 9.78 Å². The Morgan fingerprint density at radius 1 is 1.07 bits per heavy atom. The fraction of sp³-hybridized carbons (Fsp3) is 0.0952. The van der Waals surface area contributed by atoms with E-state index >= 15 is 0 Å². The molecule has 2 N–H and O–H groups in total. The zero-order valence-electron chi connectivity index (χ0n) is 16.1. The number of hydrogen-bond donors (Lipinski definition) is 2. The summed E-state index contributed by atoms with van der Waals surface area (Å²) in [5, 5.41) is 10.7. The first kappa shape index (κ1) is 20.1. The maximum Gasteiger partial charge on any atom is 0.291 e. The number of hydrogen-bond acceptors (Lipinski definition) is 5. The quantitative estimate of drug-likeness (QED) is 0.396. The fourth-order valence-corrected chi connectivity index (χ4v) is 4.27. The van der Waals surface area contributed by atoms with E-state index in [9.17, 15) is 9.59 Å². The van der Waals surface area contributed by atoms with Crippen LogP contribution in [-0.4, -0.2) is 21.6 Å². The molecule has 4 aromatic rings. The van der Waals surface area contributed by atoms with Crippen LogP contribution in [0.4, 0.5) is 10.8 Å². The van der Waals surface area contributed by atoms with Gasteiger partial charge in [0.1, 0.15) is 5.82 Å². The van der Waals surface area contributed by atoms with Crippen molar-refractivity contribution in [3.63, 3.8) is 0 Å². The molecule has 0 saturated heterocycles. The third-order valence-corrected chi connectivity index (χ3v) is 5.88. The number of halogens is 1. The first-order valence-electron chi connectivity index (χ1n) is 9.00. The van der Waals surface area contributed by atoms with Gasteiger partial charge in [-0.15, -0.1) is 11.3 Å². The molecule has 0 fully saturated rings. The summed E-state index contributed by atoms with van der Waals surface area (Å²) < 4.78 is 7.69. The minimum absolute atomic E-state index is 0.209. The highest BCUT2D eigenvalue weighted by Gasteiger charge is 2.19. The molecule has 3 heterocycles. The minimum atomic E-state index is -0.364. The number of thiophene rings is 1. The highest BCUT2D eigenvalue weighted by Crippen LogP contribution is 2.29. The molecule has 0 unspecified atom stereocenters. The number of carbonyl (C=O) groups is 2. The summed E-state index contributed by atoms with van der Waals surface area (Å²) in [5.74, 6) is 0.133. The number of furan rings is 1. The highest BCUT2D eigenvalue weighted by atomic mass is 79.9. The van der Waals surface area contributed by atoms with E-state index < -0.39 is 0 Å². The Morgan fingerprint density at radius 3 is 2.63 bits per heavy atom. The van der Waals surface area contributed by atoms with Gasteiger partial charge < -0.3 is 15.1 Å². The number of rotatable bonds is 5. The van der Waals surface area contributed by atoms with Crippen molar-refractivity contribution in [2.45, 2.75) is 13.8 Å². The zero-order valence-corrected chi connectivity index (χ0v) is 18.5. The lowest BCUT2D eigenvalue weighted by molar-refractivity contribution is 0.0995. The summed E-state index contributed by atoms with van der Waals surface area (Å²) in [6.07, 6.45) is 1.43. The van der Waals surface area contributed by atoms with E-state index in [4.69, 9.17) is 4.42 Å². The summed E-state index contributed by atoms with van der Waals surface area (Å²) in [6, 6.07) is 14.4.